The number of amides is 1. The van der Waals surface area contributed by atoms with E-state index in [0.29, 0.717) is 16.5 Å². The largest absolute Gasteiger partial charge is 0.495 e. The van der Waals surface area contributed by atoms with Gasteiger partial charge >= 0.3 is 0 Å². The third-order valence-electron chi connectivity index (χ3n) is 7.90. The van der Waals surface area contributed by atoms with Gasteiger partial charge in [0.1, 0.15) is 5.75 Å². The van der Waals surface area contributed by atoms with Crippen LogP contribution < -0.4 is 25.2 Å². The van der Waals surface area contributed by atoms with Gasteiger partial charge in [-0.25, -0.2) is 0 Å². The number of benzene rings is 2. The molecule has 1 fully saturated rings. The highest BCUT2D eigenvalue weighted by Gasteiger charge is 2.42. The molecule has 5 rings (SSSR count). The first-order valence-electron chi connectivity index (χ1n) is 14.3. The molecule has 4 aromatic rings. The van der Waals surface area contributed by atoms with E-state index in [4.69, 9.17) is 21.9 Å². The molecule has 218 valence electrons. The molecule has 3 heterocycles. The first-order chi connectivity index (χ1) is 20.3. The van der Waals surface area contributed by atoms with Crippen LogP contribution in [0.1, 0.15) is 55.5 Å². The monoisotopic (exact) mass is 582 g/mol. The van der Waals surface area contributed by atoms with Gasteiger partial charge in [-0.05, 0) is 106 Å². The van der Waals surface area contributed by atoms with Gasteiger partial charge < -0.3 is 29.7 Å². The molecule has 0 spiro atoms. The van der Waals surface area contributed by atoms with Crippen LogP contribution in [0.4, 0.5) is 17.1 Å². The number of aryl methyl sites for hydroxylation is 1. The van der Waals surface area contributed by atoms with Gasteiger partial charge in [-0.15, -0.1) is 0 Å². The third kappa shape index (κ3) is 5.44. The third-order valence-corrected chi connectivity index (χ3v) is 8.21. The molecule has 1 amide bonds. The maximum Gasteiger partial charge on any atom is 0.221 e. The van der Waals surface area contributed by atoms with Crippen LogP contribution in [-0.2, 0) is 4.79 Å². The van der Waals surface area contributed by atoms with Crippen LogP contribution in [-0.4, -0.2) is 40.8 Å². The number of carbonyl (C=O) groups is 1. The lowest BCUT2D eigenvalue weighted by atomic mass is 9.96. The summed E-state index contributed by atoms with van der Waals surface area (Å²) in [6, 6.07) is 22.3. The highest BCUT2D eigenvalue weighted by atomic mass is 32.1. The minimum Gasteiger partial charge on any atom is -0.495 e. The number of methoxy groups -OCH3 is 1. The molecule has 0 radical (unpaired) electrons. The van der Waals surface area contributed by atoms with E-state index in [-0.39, 0.29) is 18.0 Å². The molecule has 2 N–H and O–H groups in total. The number of anilines is 3. The standard InChI is InChI=1S/C33H38N6O2S/c1-7-37(8-2)24-12-14-25(15-13-24)38-21(3)19-27(22(38)4)32-31(28-11-9-10-18-34-28)36-33(42)39(32)26-16-17-30(41-6)29(20-26)35-23(5)40/h9-20,31-32H,7-8H2,1-6H3,(H,35,40)(H,36,42)/t31-,32-/m1/s1. The molecule has 42 heavy (non-hydrogen) atoms. The lowest BCUT2D eigenvalue weighted by Crippen LogP contribution is -2.29. The maximum atomic E-state index is 12.0. The van der Waals surface area contributed by atoms with Crippen LogP contribution in [0.3, 0.4) is 0 Å². The lowest BCUT2D eigenvalue weighted by molar-refractivity contribution is -0.114. The molecule has 9 heteroatoms. The van der Waals surface area contributed by atoms with Crippen molar-refractivity contribution in [1.29, 1.82) is 0 Å². The number of aromatic nitrogens is 2. The Labute approximate surface area is 253 Å². The minimum atomic E-state index is -0.194. The van der Waals surface area contributed by atoms with Crippen LogP contribution in [0.2, 0.25) is 0 Å². The van der Waals surface area contributed by atoms with Crippen molar-refractivity contribution in [2.45, 2.75) is 46.7 Å². The first-order valence-corrected chi connectivity index (χ1v) is 14.7. The van der Waals surface area contributed by atoms with Crippen LogP contribution in [0.5, 0.6) is 5.75 Å². The van der Waals surface area contributed by atoms with Crippen LogP contribution in [0.15, 0.2) is 72.9 Å². The smallest absolute Gasteiger partial charge is 0.221 e. The zero-order valence-corrected chi connectivity index (χ0v) is 25.8. The van der Waals surface area contributed by atoms with Crippen LogP contribution in [0, 0.1) is 13.8 Å². The summed E-state index contributed by atoms with van der Waals surface area (Å²) in [7, 11) is 1.59. The van der Waals surface area contributed by atoms with Gasteiger partial charge in [-0.3, -0.25) is 9.78 Å². The van der Waals surface area contributed by atoms with Crippen molar-refractivity contribution in [3.63, 3.8) is 0 Å². The van der Waals surface area contributed by atoms with Crippen molar-refractivity contribution < 1.29 is 9.53 Å². The Balaban J connectivity index is 1.63. The van der Waals surface area contributed by atoms with E-state index in [1.165, 1.54) is 12.6 Å². The molecule has 0 bridgehead atoms. The molecule has 1 aliphatic rings. The second-order valence-electron chi connectivity index (χ2n) is 10.4. The highest BCUT2D eigenvalue weighted by Crippen LogP contribution is 2.45. The Morgan fingerprint density at radius 3 is 2.38 bits per heavy atom. The fourth-order valence-electron chi connectivity index (χ4n) is 5.97. The summed E-state index contributed by atoms with van der Waals surface area (Å²) in [5, 5.41) is 7.03. The SMILES string of the molecule is CCN(CC)c1ccc(-n2c(C)cc([C@@H]3[C@@H](c4ccccn4)NC(=S)N3c3ccc(OC)c(NC(C)=O)c3)c2C)cc1. The number of carbonyl (C=O) groups excluding carboxylic acids is 1. The van der Waals surface area contributed by atoms with E-state index in [1.54, 1.807) is 7.11 Å². The van der Waals surface area contributed by atoms with Crippen molar-refractivity contribution in [3.8, 4) is 11.4 Å². The van der Waals surface area contributed by atoms with E-state index in [0.717, 1.165) is 47.1 Å². The molecule has 1 aliphatic heterocycles. The van der Waals surface area contributed by atoms with Gasteiger partial charge in [-0.2, -0.15) is 0 Å². The molecule has 2 aromatic carbocycles. The van der Waals surface area contributed by atoms with E-state index in [9.17, 15) is 4.79 Å². The van der Waals surface area contributed by atoms with Gasteiger partial charge in [0.25, 0.3) is 0 Å². The number of nitrogens with one attached hydrogen (secondary N) is 2. The Morgan fingerprint density at radius 2 is 1.76 bits per heavy atom. The normalized spacial score (nSPS) is 16.3. The fourth-order valence-corrected chi connectivity index (χ4v) is 6.31. The molecule has 0 unspecified atom stereocenters. The number of pyridine rings is 1. The summed E-state index contributed by atoms with van der Waals surface area (Å²) in [4.78, 5) is 21.1. The summed E-state index contributed by atoms with van der Waals surface area (Å²) in [5.41, 5.74) is 8.05. The van der Waals surface area contributed by atoms with Gasteiger partial charge in [0.05, 0.1) is 30.6 Å². The number of hydrogen-bond donors (Lipinski definition) is 2. The van der Waals surface area contributed by atoms with Crippen molar-refractivity contribution in [2.24, 2.45) is 0 Å². The summed E-state index contributed by atoms with van der Waals surface area (Å²) in [6.45, 7) is 12.1. The summed E-state index contributed by atoms with van der Waals surface area (Å²) in [6.07, 6.45) is 1.81. The number of hydrogen-bond acceptors (Lipinski definition) is 5. The molecule has 2 aromatic heterocycles. The Kier molecular flexibility index (Phi) is 8.49. The van der Waals surface area contributed by atoms with Crippen LogP contribution in [0.25, 0.3) is 5.69 Å². The Morgan fingerprint density at radius 1 is 1.05 bits per heavy atom. The summed E-state index contributed by atoms with van der Waals surface area (Å²) in [5.74, 6) is 0.405. The van der Waals surface area contributed by atoms with Crippen molar-refractivity contribution >= 4 is 40.3 Å². The molecule has 8 nitrogen and oxygen atoms in total. The van der Waals surface area contributed by atoms with Crippen molar-refractivity contribution in [1.82, 2.24) is 14.9 Å². The van der Waals surface area contributed by atoms with E-state index in [1.807, 2.05) is 42.6 Å². The number of ether oxygens (including phenoxy) is 1. The van der Waals surface area contributed by atoms with Gasteiger partial charge in [0.2, 0.25) is 5.91 Å². The molecule has 0 saturated carbocycles. The van der Waals surface area contributed by atoms with Gasteiger partial charge in [0.15, 0.2) is 5.11 Å². The van der Waals surface area contributed by atoms with Gasteiger partial charge in [-0.1, -0.05) is 6.07 Å². The van der Waals surface area contributed by atoms with E-state index < -0.39 is 0 Å². The fraction of sp³-hybridized carbons (Fsp3) is 0.303. The topological polar surface area (TPSA) is 74.7 Å². The average Bonchev–Trinajstić information content (AvgIpc) is 3.48. The van der Waals surface area contributed by atoms with Crippen LogP contribution >= 0.6 is 12.2 Å². The lowest BCUT2D eigenvalue weighted by Gasteiger charge is -2.29. The summed E-state index contributed by atoms with van der Waals surface area (Å²) < 4.78 is 7.82. The predicted octanol–water partition coefficient (Wildman–Crippen LogP) is 6.48. The van der Waals surface area contributed by atoms with E-state index >= 15 is 0 Å². The van der Waals surface area contributed by atoms with Gasteiger partial charge in [0, 0.05) is 54.7 Å². The molecule has 1 saturated heterocycles. The first kappa shape index (κ1) is 29.1. The minimum absolute atomic E-state index is 0.175. The predicted molar refractivity (Wildman–Crippen MR) is 174 cm³/mol. The zero-order valence-electron chi connectivity index (χ0n) is 25.0. The second-order valence-corrected chi connectivity index (χ2v) is 10.8. The average molecular weight is 583 g/mol. The molecule has 0 aliphatic carbocycles. The number of nitrogens with zero attached hydrogens (tertiary/aromatic N) is 4. The Bertz CT molecular complexity index is 1580. The Hall–Kier alpha value is -4.37. The van der Waals surface area contributed by atoms with E-state index in [2.05, 4.69) is 83.0 Å². The quantitative estimate of drug-likeness (QED) is 0.219. The highest BCUT2D eigenvalue weighted by molar-refractivity contribution is 7.80. The number of rotatable bonds is 9. The zero-order chi connectivity index (χ0) is 30.0. The summed E-state index contributed by atoms with van der Waals surface area (Å²) >= 11 is 5.96. The number of thiocarbonyl (C=S) groups is 1. The molecule has 2 atom stereocenters. The molecular formula is C33H38N6O2S. The second kappa shape index (κ2) is 12.2. The van der Waals surface area contributed by atoms with Crippen molar-refractivity contribution in [2.75, 3.05) is 35.3 Å². The maximum absolute atomic E-state index is 12.0. The molecular weight excluding hydrogens is 544 g/mol. The van der Waals surface area contributed by atoms with Crippen molar-refractivity contribution in [3.05, 3.63) is 95.6 Å².